The molecule has 1 unspecified atom stereocenters. The van der Waals surface area contributed by atoms with Crippen LogP contribution in [0.2, 0.25) is 0 Å². The molecule has 0 amide bonds. The Morgan fingerprint density at radius 2 is 2.21 bits per heavy atom. The van der Waals surface area contributed by atoms with Crippen molar-refractivity contribution in [3.05, 3.63) is 46.3 Å². The quantitative estimate of drug-likeness (QED) is 0.256. The molecule has 19 heavy (non-hydrogen) atoms. The third-order valence-corrected chi connectivity index (χ3v) is 2.72. The average molecular weight is 262 g/mol. The number of nitrogens with zero attached hydrogens (tertiary/aromatic N) is 3. The Morgan fingerprint density at radius 1 is 1.47 bits per heavy atom. The van der Waals surface area contributed by atoms with E-state index in [9.17, 15) is 4.79 Å². The topological polar surface area (TPSA) is 87.1 Å². The Kier molecular flexibility index (Phi) is 7.09. The van der Waals surface area contributed by atoms with Crippen LogP contribution in [-0.4, -0.2) is 32.2 Å². The van der Waals surface area contributed by atoms with Gasteiger partial charge in [-0.25, -0.2) is 0 Å². The fourth-order valence-electron chi connectivity index (χ4n) is 1.73. The van der Waals surface area contributed by atoms with Crippen LogP contribution in [0.25, 0.3) is 10.4 Å². The van der Waals surface area contributed by atoms with Gasteiger partial charge in [-0.05, 0) is 23.9 Å². The summed E-state index contributed by atoms with van der Waals surface area (Å²) in [6.45, 7) is 0.772. The summed E-state index contributed by atoms with van der Waals surface area (Å²) in [5, 5.41) is 6.45. The predicted molar refractivity (Wildman–Crippen MR) is 72.6 cm³/mol. The normalized spacial score (nSPS) is 11.4. The van der Waals surface area contributed by atoms with Crippen molar-refractivity contribution in [3.63, 3.8) is 0 Å². The number of esters is 1. The summed E-state index contributed by atoms with van der Waals surface area (Å²) >= 11 is 0. The highest BCUT2D eigenvalue weighted by Crippen LogP contribution is 2.06. The molecule has 1 atom stereocenters. The van der Waals surface area contributed by atoms with Crippen molar-refractivity contribution < 1.29 is 9.53 Å². The van der Waals surface area contributed by atoms with Crippen molar-refractivity contribution >= 4 is 5.97 Å². The van der Waals surface area contributed by atoms with Crippen LogP contribution in [0.5, 0.6) is 0 Å². The van der Waals surface area contributed by atoms with Crippen molar-refractivity contribution in [3.8, 4) is 0 Å². The lowest BCUT2D eigenvalue weighted by atomic mass is 10.1. The van der Waals surface area contributed by atoms with Crippen LogP contribution in [0.1, 0.15) is 12.0 Å². The van der Waals surface area contributed by atoms with Gasteiger partial charge in [-0.3, -0.25) is 4.79 Å². The largest absolute Gasteiger partial charge is 0.468 e. The van der Waals surface area contributed by atoms with Crippen molar-refractivity contribution in [2.45, 2.75) is 18.9 Å². The highest BCUT2D eigenvalue weighted by Gasteiger charge is 2.17. The van der Waals surface area contributed by atoms with E-state index < -0.39 is 0 Å². The summed E-state index contributed by atoms with van der Waals surface area (Å²) in [4.78, 5) is 14.3. The molecule has 0 aliphatic rings. The number of carbonyl (C=O) groups is 1. The summed E-state index contributed by atoms with van der Waals surface area (Å²) in [6, 6.07) is 9.57. The van der Waals surface area contributed by atoms with Crippen LogP contribution >= 0.6 is 0 Å². The van der Waals surface area contributed by atoms with Gasteiger partial charge in [0.05, 0.1) is 7.11 Å². The Bertz CT molecular complexity index is 430. The first-order chi connectivity index (χ1) is 9.27. The molecule has 0 saturated heterocycles. The first-order valence-corrected chi connectivity index (χ1v) is 6.14. The van der Waals surface area contributed by atoms with E-state index in [-0.39, 0.29) is 12.0 Å². The van der Waals surface area contributed by atoms with Crippen LogP contribution in [-0.2, 0) is 16.0 Å². The minimum atomic E-state index is -0.376. The van der Waals surface area contributed by atoms with Gasteiger partial charge >= 0.3 is 5.97 Å². The number of ether oxygens (including phenoxy) is 1. The molecule has 1 aromatic rings. The molecule has 0 heterocycles. The number of methoxy groups -OCH3 is 1. The minimum Gasteiger partial charge on any atom is -0.468 e. The molecule has 0 bridgehead atoms. The Hall–Kier alpha value is -2.04. The van der Waals surface area contributed by atoms with Crippen LogP contribution in [0, 0.1) is 0 Å². The molecule has 102 valence electrons. The fraction of sp³-hybridized carbons (Fsp3) is 0.462. The molecule has 0 aliphatic heterocycles. The molecule has 0 saturated carbocycles. The van der Waals surface area contributed by atoms with Gasteiger partial charge in [0, 0.05) is 18.0 Å². The highest BCUT2D eigenvalue weighted by atomic mass is 16.5. The Balaban J connectivity index is 2.45. The summed E-state index contributed by atoms with van der Waals surface area (Å²) in [5.74, 6) is -0.295. The third-order valence-electron chi connectivity index (χ3n) is 2.72. The molecule has 1 aromatic carbocycles. The number of hydrogen-bond acceptors (Lipinski definition) is 4. The number of rotatable bonds is 8. The van der Waals surface area contributed by atoms with Gasteiger partial charge in [0.15, 0.2) is 0 Å². The zero-order valence-corrected chi connectivity index (χ0v) is 11.0. The van der Waals surface area contributed by atoms with Crippen molar-refractivity contribution in [2.75, 3.05) is 20.2 Å². The van der Waals surface area contributed by atoms with E-state index in [1.54, 1.807) is 0 Å². The lowest BCUT2D eigenvalue weighted by Crippen LogP contribution is -2.39. The number of hydrogen-bond donors (Lipinski definition) is 1. The lowest BCUT2D eigenvalue weighted by Gasteiger charge is -2.15. The minimum absolute atomic E-state index is 0.295. The maximum atomic E-state index is 11.6. The van der Waals surface area contributed by atoms with Gasteiger partial charge in [0.25, 0.3) is 0 Å². The summed E-state index contributed by atoms with van der Waals surface area (Å²) < 4.78 is 4.75. The van der Waals surface area contributed by atoms with Crippen molar-refractivity contribution in [1.82, 2.24) is 5.32 Å². The van der Waals surface area contributed by atoms with E-state index in [2.05, 4.69) is 15.3 Å². The maximum absolute atomic E-state index is 11.6. The van der Waals surface area contributed by atoms with Crippen molar-refractivity contribution in [2.24, 2.45) is 5.11 Å². The van der Waals surface area contributed by atoms with E-state index in [0.29, 0.717) is 19.5 Å². The van der Waals surface area contributed by atoms with E-state index in [0.717, 1.165) is 6.42 Å². The predicted octanol–water partition coefficient (Wildman–Crippen LogP) is 2.06. The molecular formula is C13H18N4O2. The van der Waals surface area contributed by atoms with E-state index >= 15 is 0 Å². The molecule has 1 N–H and O–H groups in total. The number of benzene rings is 1. The smallest absolute Gasteiger partial charge is 0.322 e. The van der Waals surface area contributed by atoms with Gasteiger partial charge in [-0.2, -0.15) is 0 Å². The SMILES string of the molecule is COC(=O)C(CCc1ccccc1)NCCN=[N+]=[N-]. The second kappa shape index (κ2) is 8.97. The third kappa shape index (κ3) is 5.90. The van der Waals surface area contributed by atoms with Gasteiger partial charge in [-0.15, -0.1) is 0 Å². The summed E-state index contributed by atoms with van der Waals surface area (Å²) in [6.07, 6.45) is 1.43. The second-order valence-electron chi connectivity index (χ2n) is 4.01. The molecule has 0 radical (unpaired) electrons. The van der Waals surface area contributed by atoms with Crippen LogP contribution < -0.4 is 5.32 Å². The van der Waals surface area contributed by atoms with Crippen LogP contribution in [0.4, 0.5) is 0 Å². The van der Waals surface area contributed by atoms with Gasteiger partial charge in [0.1, 0.15) is 6.04 Å². The molecule has 0 aliphatic carbocycles. The molecule has 1 rings (SSSR count). The molecule has 6 nitrogen and oxygen atoms in total. The fourth-order valence-corrected chi connectivity index (χ4v) is 1.73. The summed E-state index contributed by atoms with van der Waals surface area (Å²) in [5.41, 5.74) is 9.35. The number of aryl methyl sites for hydroxylation is 1. The van der Waals surface area contributed by atoms with E-state index in [4.69, 9.17) is 10.3 Å². The highest BCUT2D eigenvalue weighted by molar-refractivity contribution is 5.75. The molecule has 6 heteroatoms. The molecule has 0 spiro atoms. The lowest BCUT2D eigenvalue weighted by molar-refractivity contribution is -0.143. The van der Waals surface area contributed by atoms with E-state index in [1.165, 1.54) is 12.7 Å². The zero-order valence-electron chi connectivity index (χ0n) is 11.0. The van der Waals surface area contributed by atoms with Crippen LogP contribution in [0.15, 0.2) is 35.4 Å². The Morgan fingerprint density at radius 3 is 2.84 bits per heavy atom. The molecule has 0 aromatic heterocycles. The first kappa shape index (κ1) is 15.0. The average Bonchev–Trinajstić information content (AvgIpc) is 2.47. The van der Waals surface area contributed by atoms with Gasteiger partial charge < -0.3 is 10.1 Å². The first-order valence-electron chi connectivity index (χ1n) is 6.14. The van der Waals surface area contributed by atoms with Crippen LogP contribution in [0.3, 0.4) is 0 Å². The maximum Gasteiger partial charge on any atom is 0.322 e. The molecule has 0 fully saturated rings. The zero-order chi connectivity index (χ0) is 13.9. The standard InChI is InChI=1S/C13H18N4O2/c1-19-13(18)12(15-9-10-16-17-14)8-7-11-5-3-2-4-6-11/h2-6,12,15H,7-10H2,1H3. The number of carbonyl (C=O) groups excluding carboxylic acids is 1. The second-order valence-corrected chi connectivity index (χ2v) is 4.01. The van der Waals surface area contributed by atoms with Gasteiger partial charge in [-0.1, -0.05) is 35.4 Å². The van der Waals surface area contributed by atoms with E-state index in [1.807, 2.05) is 30.3 Å². The number of nitrogens with one attached hydrogen (secondary N) is 1. The Labute approximate surface area is 112 Å². The molecular weight excluding hydrogens is 244 g/mol. The monoisotopic (exact) mass is 262 g/mol. The van der Waals surface area contributed by atoms with Gasteiger partial charge in [0.2, 0.25) is 0 Å². The van der Waals surface area contributed by atoms with Crippen molar-refractivity contribution in [1.29, 1.82) is 0 Å². The summed E-state index contributed by atoms with van der Waals surface area (Å²) in [7, 11) is 1.37. The number of azide groups is 1.